The molecule has 0 saturated heterocycles. The lowest BCUT2D eigenvalue weighted by molar-refractivity contribution is 0.566. The molecule has 0 unspecified atom stereocenters. The minimum absolute atomic E-state index is 0.720. The monoisotopic (exact) mass is 376 g/mol. The molecule has 0 aliphatic carbocycles. The zero-order valence-corrected chi connectivity index (χ0v) is 15.4. The Morgan fingerprint density at radius 2 is 1.73 bits per heavy atom. The van der Waals surface area contributed by atoms with Crippen molar-refractivity contribution in [2.45, 2.75) is 37.5 Å². The topological polar surface area (TPSA) is 30.2 Å². The quantitative estimate of drug-likeness (QED) is 0.582. The van der Waals surface area contributed by atoms with Gasteiger partial charge in [-0.3, -0.25) is 0 Å². The summed E-state index contributed by atoms with van der Waals surface area (Å²) in [7, 11) is -1.25. The van der Waals surface area contributed by atoms with Gasteiger partial charge in [0.2, 0.25) is 0 Å². The molecule has 0 spiro atoms. The van der Waals surface area contributed by atoms with Crippen molar-refractivity contribution in [2.24, 2.45) is 0 Å². The van der Waals surface area contributed by atoms with Crippen molar-refractivity contribution in [1.29, 1.82) is 0 Å². The van der Waals surface area contributed by atoms with E-state index in [2.05, 4.69) is 15.9 Å². The molecule has 4 heteroatoms. The van der Waals surface area contributed by atoms with E-state index in [1.807, 2.05) is 58.0 Å². The van der Waals surface area contributed by atoms with Gasteiger partial charge in [0.05, 0.1) is 15.7 Å². The molecule has 114 valence electrons. The van der Waals surface area contributed by atoms with Crippen molar-refractivity contribution in [3.8, 4) is 0 Å². The van der Waals surface area contributed by atoms with E-state index in [4.69, 9.17) is 4.42 Å². The Hall–Kier alpha value is -1.39. The summed E-state index contributed by atoms with van der Waals surface area (Å²) in [5, 5.41) is 0.955. The molecule has 2 aromatic carbocycles. The van der Waals surface area contributed by atoms with Crippen LogP contribution in [0.2, 0.25) is 0 Å². The lowest BCUT2D eigenvalue weighted by Gasteiger charge is -2.08. The third kappa shape index (κ3) is 2.34. The minimum Gasteiger partial charge on any atom is -0.460 e. The highest BCUT2D eigenvalue weighted by molar-refractivity contribution is 9.10. The second-order valence-electron chi connectivity index (χ2n) is 5.53. The number of aryl methyl sites for hydroxylation is 4. The molecule has 3 aromatic rings. The number of hydrogen-bond donors (Lipinski definition) is 0. The fourth-order valence-corrected chi connectivity index (χ4v) is 4.61. The molecule has 0 radical (unpaired) electrons. The van der Waals surface area contributed by atoms with E-state index in [1.165, 1.54) is 0 Å². The SMILES string of the molecule is Cc1ccccc1[S@](=O)c1c(C)oc2cc(C)c(Br)c(C)c12. The van der Waals surface area contributed by atoms with E-state index in [9.17, 15) is 4.21 Å². The number of benzene rings is 2. The fraction of sp³-hybridized carbons (Fsp3) is 0.222. The van der Waals surface area contributed by atoms with Gasteiger partial charge in [-0.15, -0.1) is 0 Å². The molecule has 0 aliphatic heterocycles. The van der Waals surface area contributed by atoms with Crippen LogP contribution in [-0.4, -0.2) is 4.21 Å². The Kier molecular flexibility index (Phi) is 4.00. The standard InChI is InChI=1S/C18H17BrO2S/c1-10-7-5-6-8-15(10)22(20)18-13(4)21-14-9-11(2)17(19)12(3)16(14)18/h5-9H,1-4H3/t22-/m0/s1. The van der Waals surface area contributed by atoms with Gasteiger partial charge in [-0.05, 0) is 56.5 Å². The Labute approximate surface area is 141 Å². The third-order valence-corrected chi connectivity index (χ3v) is 6.87. The molecule has 3 rings (SSSR count). The predicted molar refractivity (Wildman–Crippen MR) is 94.0 cm³/mol. The summed E-state index contributed by atoms with van der Waals surface area (Å²) in [6.07, 6.45) is 0. The summed E-state index contributed by atoms with van der Waals surface area (Å²) < 4.78 is 20.1. The highest BCUT2D eigenvalue weighted by Gasteiger charge is 2.22. The van der Waals surface area contributed by atoms with Crippen LogP contribution in [0.1, 0.15) is 22.5 Å². The Balaban J connectivity index is 2.32. The third-order valence-electron chi connectivity index (χ3n) is 3.93. The summed E-state index contributed by atoms with van der Waals surface area (Å²) in [6, 6.07) is 9.78. The second-order valence-corrected chi connectivity index (χ2v) is 7.71. The van der Waals surface area contributed by atoms with Crippen molar-refractivity contribution in [2.75, 3.05) is 0 Å². The maximum atomic E-state index is 13.1. The van der Waals surface area contributed by atoms with E-state index >= 15 is 0 Å². The number of fused-ring (bicyclic) bond motifs is 1. The average molecular weight is 377 g/mol. The van der Waals surface area contributed by atoms with Gasteiger partial charge >= 0.3 is 0 Å². The van der Waals surface area contributed by atoms with Gasteiger partial charge in [0.15, 0.2) is 0 Å². The summed E-state index contributed by atoms with van der Waals surface area (Å²) in [5.74, 6) is 0.720. The molecule has 22 heavy (non-hydrogen) atoms. The maximum Gasteiger partial charge on any atom is 0.136 e. The van der Waals surface area contributed by atoms with Crippen molar-refractivity contribution in [3.63, 3.8) is 0 Å². The molecular formula is C18H17BrO2S. The molecule has 2 nitrogen and oxygen atoms in total. The largest absolute Gasteiger partial charge is 0.460 e. The van der Waals surface area contributed by atoms with Crippen LogP contribution in [0.4, 0.5) is 0 Å². The summed E-state index contributed by atoms with van der Waals surface area (Å²) in [4.78, 5) is 1.62. The van der Waals surface area contributed by atoms with Gasteiger partial charge in [-0.1, -0.05) is 34.1 Å². The molecule has 1 aromatic heterocycles. The summed E-state index contributed by atoms with van der Waals surface area (Å²) in [5.41, 5.74) is 4.02. The van der Waals surface area contributed by atoms with Crippen LogP contribution in [-0.2, 0) is 10.8 Å². The van der Waals surface area contributed by atoms with Crippen LogP contribution >= 0.6 is 15.9 Å². The Morgan fingerprint density at radius 1 is 1.05 bits per heavy atom. The van der Waals surface area contributed by atoms with Crippen LogP contribution in [0.3, 0.4) is 0 Å². The van der Waals surface area contributed by atoms with Gasteiger partial charge in [-0.25, -0.2) is 4.21 Å². The van der Waals surface area contributed by atoms with E-state index < -0.39 is 10.8 Å². The zero-order valence-electron chi connectivity index (χ0n) is 13.0. The van der Waals surface area contributed by atoms with Crippen molar-refractivity contribution >= 4 is 37.7 Å². The highest BCUT2D eigenvalue weighted by atomic mass is 79.9. The van der Waals surface area contributed by atoms with Crippen LogP contribution in [0, 0.1) is 27.7 Å². The molecule has 1 atom stereocenters. The van der Waals surface area contributed by atoms with Crippen molar-refractivity contribution in [1.82, 2.24) is 0 Å². The van der Waals surface area contributed by atoms with E-state index in [0.29, 0.717) is 0 Å². The molecule has 0 saturated carbocycles. The van der Waals surface area contributed by atoms with E-state index in [1.54, 1.807) is 0 Å². The van der Waals surface area contributed by atoms with E-state index in [-0.39, 0.29) is 0 Å². The first-order valence-corrected chi connectivity index (χ1v) is 9.02. The molecule has 0 fully saturated rings. The van der Waals surface area contributed by atoms with Crippen LogP contribution < -0.4 is 0 Å². The van der Waals surface area contributed by atoms with Gasteiger partial charge < -0.3 is 4.42 Å². The first-order chi connectivity index (χ1) is 10.4. The second kappa shape index (κ2) is 5.67. The van der Waals surface area contributed by atoms with E-state index in [0.717, 1.165) is 47.7 Å². The number of halogens is 1. The van der Waals surface area contributed by atoms with Gasteiger partial charge in [0.25, 0.3) is 0 Å². The Morgan fingerprint density at radius 3 is 2.41 bits per heavy atom. The normalized spacial score (nSPS) is 12.8. The molecule has 0 N–H and O–H groups in total. The average Bonchev–Trinajstić information content (AvgIpc) is 2.81. The first-order valence-electron chi connectivity index (χ1n) is 7.08. The van der Waals surface area contributed by atoms with Gasteiger partial charge in [0, 0.05) is 14.8 Å². The lowest BCUT2D eigenvalue weighted by atomic mass is 10.1. The zero-order chi connectivity index (χ0) is 16.0. The van der Waals surface area contributed by atoms with Crippen molar-refractivity contribution < 1.29 is 8.63 Å². The van der Waals surface area contributed by atoms with Crippen LogP contribution in [0.25, 0.3) is 11.0 Å². The minimum atomic E-state index is -1.25. The summed E-state index contributed by atoms with van der Waals surface area (Å²) in [6.45, 7) is 7.94. The molecular weight excluding hydrogens is 360 g/mol. The molecule has 1 heterocycles. The molecule has 0 bridgehead atoms. The van der Waals surface area contributed by atoms with Gasteiger partial charge in [-0.2, -0.15) is 0 Å². The lowest BCUT2D eigenvalue weighted by Crippen LogP contribution is -1.97. The smallest absolute Gasteiger partial charge is 0.136 e. The number of hydrogen-bond acceptors (Lipinski definition) is 2. The first kappa shape index (κ1) is 15.5. The molecule has 0 aliphatic rings. The highest BCUT2D eigenvalue weighted by Crippen LogP contribution is 2.38. The number of rotatable bonds is 2. The fourth-order valence-electron chi connectivity index (χ4n) is 2.77. The van der Waals surface area contributed by atoms with Crippen molar-refractivity contribution in [3.05, 3.63) is 57.3 Å². The Bertz CT molecular complexity index is 909. The van der Waals surface area contributed by atoms with Crippen LogP contribution in [0.5, 0.6) is 0 Å². The number of furan rings is 1. The van der Waals surface area contributed by atoms with Gasteiger partial charge in [0.1, 0.15) is 11.3 Å². The maximum absolute atomic E-state index is 13.1. The summed E-state index contributed by atoms with van der Waals surface area (Å²) >= 11 is 3.62. The molecule has 0 amide bonds. The van der Waals surface area contributed by atoms with Crippen LogP contribution in [0.15, 0.2) is 49.0 Å². The predicted octanol–water partition coefficient (Wildman–Crippen LogP) is 5.60.